The number of nitrogens with two attached hydrogens (primary N) is 1. The van der Waals surface area contributed by atoms with Crippen LogP contribution in [0.5, 0.6) is 0 Å². The molecule has 0 aromatic heterocycles. The van der Waals surface area contributed by atoms with E-state index >= 15 is 0 Å². The van der Waals surface area contributed by atoms with Crippen LogP contribution in [0, 0.1) is 5.82 Å². The molecule has 2 unspecified atom stereocenters. The zero-order chi connectivity index (χ0) is 11.5. The Morgan fingerprint density at radius 2 is 2.25 bits per heavy atom. The molecule has 4 heteroatoms. The topological polar surface area (TPSA) is 35.2 Å². The van der Waals surface area contributed by atoms with Crippen molar-refractivity contribution in [3.8, 4) is 0 Å². The largest absolute Gasteiger partial charge is 0.373 e. The first-order valence-electron chi connectivity index (χ1n) is 5.47. The van der Waals surface area contributed by atoms with Crippen LogP contribution < -0.4 is 5.73 Å². The summed E-state index contributed by atoms with van der Waals surface area (Å²) >= 11 is 5.68. The average Bonchev–Trinajstić information content (AvgIpc) is 2.67. The molecule has 0 saturated heterocycles. The molecule has 0 spiro atoms. The van der Waals surface area contributed by atoms with Crippen molar-refractivity contribution in [2.75, 3.05) is 0 Å². The maximum absolute atomic E-state index is 13.5. The van der Waals surface area contributed by atoms with Crippen molar-refractivity contribution in [2.45, 2.75) is 38.0 Å². The van der Waals surface area contributed by atoms with Gasteiger partial charge in [0, 0.05) is 11.6 Å². The lowest BCUT2D eigenvalue weighted by molar-refractivity contribution is 0.0433. The van der Waals surface area contributed by atoms with Gasteiger partial charge in [0.1, 0.15) is 5.82 Å². The van der Waals surface area contributed by atoms with E-state index in [2.05, 4.69) is 0 Å². The quantitative estimate of drug-likeness (QED) is 0.886. The Labute approximate surface area is 99.5 Å². The molecule has 1 aliphatic rings. The maximum atomic E-state index is 13.5. The van der Waals surface area contributed by atoms with E-state index in [4.69, 9.17) is 22.1 Å². The molecule has 0 amide bonds. The second-order valence-electron chi connectivity index (χ2n) is 4.22. The summed E-state index contributed by atoms with van der Waals surface area (Å²) < 4.78 is 19.1. The van der Waals surface area contributed by atoms with E-state index in [9.17, 15) is 4.39 Å². The van der Waals surface area contributed by atoms with Gasteiger partial charge in [0.05, 0.1) is 17.7 Å². The van der Waals surface area contributed by atoms with E-state index in [1.54, 1.807) is 12.1 Å². The van der Waals surface area contributed by atoms with E-state index in [1.807, 2.05) is 0 Å². The molecule has 1 fully saturated rings. The fourth-order valence-electron chi connectivity index (χ4n) is 1.99. The third-order valence-corrected chi connectivity index (χ3v) is 3.22. The second-order valence-corrected chi connectivity index (χ2v) is 4.63. The average molecular weight is 244 g/mol. The number of hydrogen-bond donors (Lipinski definition) is 1. The molecule has 2 N–H and O–H groups in total. The summed E-state index contributed by atoms with van der Waals surface area (Å²) in [7, 11) is 0. The molecule has 2 rings (SSSR count). The number of halogens is 2. The van der Waals surface area contributed by atoms with Gasteiger partial charge in [-0.05, 0) is 25.3 Å². The predicted octanol–water partition coefficient (Wildman–Crippen LogP) is 2.88. The van der Waals surface area contributed by atoms with Gasteiger partial charge in [-0.15, -0.1) is 0 Å². The van der Waals surface area contributed by atoms with Crippen molar-refractivity contribution in [1.82, 2.24) is 0 Å². The molecular formula is C12H15ClFNO. The van der Waals surface area contributed by atoms with Gasteiger partial charge in [-0.2, -0.15) is 0 Å². The van der Waals surface area contributed by atoms with E-state index in [-0.39, 0.29) is 29.6 Å². The summed E-state index contributed by atoms with van der Waals surface area (Å²) in [6.45, 7) is 0.268. The highest BCUT2D eigenvalue weighted by atomic mass is 35.5. The van der Waals surface area contributed by atoms with Crippen molar-refractivity contribution in [1.29, 1.82) is 0 Å². The zero-order valence-electron chi connectivity index (χ0n) is 8.96. The van der Waals surface area contributed by atoms with Crippen LogP contribution in [0.25, 0.3) is 0 Å². The van der Waals surface area contributed by atoms with E-state index < -0.39 is 0 Å². The van der Waals surface area contributed by atoms with Crippen LogP contribution in [0.4, 0.5) is 4.39 Å². The highest BCUT2D eigenvalue weighted by molar-refractivity contribution is 6.30. The number of hydrogen-bond acceptors (Lipinski definition) is 2. The first-order valence-corrected chi connectivity index (χ1v) is 5.84. The molecular weight excluding hydrogens is 229 g/mol. The minimum Gasteiger partial charge on any atom is -0.373 e. The summed E-state index contributed by atoms with van der Waals surface area (Å²) in [5, 5.41) is 0.143. The minimum absolute atomic E-state index is 0.143. The Kier molecular flexibility index (Phi) is 3.79. The fourth-order valence-corrected chi connectivity index (χ4v) is 2.19. The van der Waals surface area contributed by atoms with Gasteiger partial charge >= 0.3 is 0 Å². The number of ether oxygens (including phenoxy) is 1. The highest BCUT2D eigenvalue weighted by Gasteiger charge is 2.22. The SMILES string of the molecule is NC1CCC(OCc2cccc(Cl)c2F)C1. The first-order chi connectivity index (χ1) is 7.66. The van der Waals surface area contributed by atoms with Gasteiger partial charge in [-0.3, -0.25) is 0 Å². The summed E-state index contributed by atoms with van der Waals surface area (Å²) in [4.78, 5) is 0. The standard InChI is InChI=1S/C12H15ClFNO/c13-11-3-1-2-8(12(11)14)7-16-10-5-4-9(15)6-10/h1-3,9-10H,4-7,15H2. The van der Waals surface area contributed by atoms with Gasteiger partial charge < -0.3 is 10.5 Å². The summed E-state index contributed by atoms with van der Waals surface area (Å²) in [6, 6.07) is 5.18. The van der Waals surface area contributed by atoms with Crippen molar-refractivity contribution >= 4 is 11.6 Å². The molecule has 2 atom stereocenters. The lowest BCUT2D eigenvalue weighted by Gasteiger charge is -2.12. The molecule has 16 heavy (non-hydrogen) atoms. The molecule has 1 aliphatic carbocycles. The van der Waals surface area contributed by atoms with Gasteiger partial charge in [0.2, 0.25) is 0 Å². The van der Waals surface area contributed by atoms with E-state index in [0.717, 1.165) is 19.3 Å². The Bertz CT molecular complexity index is 372. The molecule has 1 aromatic carbocycles. The molecule has 0 bridgehead atoms. The van der Waals surface area contributed by atoms with Crippen molar-refractivity contribution < 1.29 is 9.13 Å². The zero-order valence-corrected chi connectivity index (χ0v) is 9.71. The first kappa shape index (κ1) is 11.8. The van der Waals surface area contributed by atoms with Crippen molar-refractivity contribution in [3.05, 3.63) is 34.6 Å². The van der Waals surface area contributed by atoms with E-state index in [1.165, 1.54) is 6.07 Å². The minimum atomic E-state index is -0.383. The lowest BCUT2D eigenvalue weighted by atomic mass is 10.2. The Hall–Kier alpha value is -0.640. The molecule has 0 heterocycles. The van der Waals surface area contributed by atoms with E-state index in [0.29, 0.717) is 5.56 Å². The summed E-state index contributed by atoms with van der Waals surface area (Å²) in [6.07, 6.45) is 2.97. The monoisotopic (exact) mass is 243 g/mol. The molecule has 88 valence electrons. The normalized spacial score (nSPS) is 24.9. The molecule has 0 aliphatic heterocycles. The van der Waals surface area contributed by atoms with Crippen LogP contribution in [-0.4, -0.2) is 12.1 Å². The predicted molar refractivity (Wildman–Crippen MR) is 61.8 cm³/mol. The van der Waals surface area contributed by atoms with Gasteiger partial charge in [-0.25, -0.2) is 4.39 Å². The third kappa shape index (κ3) is 2.73. The van der Waals surface area contributed by atoms with Crippen LogP contribution in [0.3, 0.4) is 0 Å². The molecule has 1 aromatic rings. The summed E-state index contributed by atoms with van der Waals surface area (Å²) in [5.41, 5.74) is 6.28. The third-order valence-electron chi connectivity index (χ3n) is 2.93. The Morgan fingerprint density at radius 1 is 1.44 bits per heavy atom. The highest BCUT2D eigenvalue weighted by Crippen LogP contribution is 2.23. The van der Waals surface area contributed by atoms with Crippen LogP contribution in [0.2, 0.25) is 5.02 Å². The Morgan fingerprint density at radius 3 is 2.94 bits per heavy atom. The molecule has 0 radical (unpaired) electrons. The smallest absolute Gasteiger partial charge is 0.147 e. The van der Waals surface area contributed by atoms with Gasteiger partial charge in [0.15, 0.2) is 0 Å². The molecule has 1 saturated carbocycles. The number of rotatable bonds is 3. The van der Waals surface area contributed by atoms with Gasteiger partial charge in [-0.1, -0.05) is 23.7 Å². The van der Waals surface area contributed by atoms with Crippen molar-refractivity contribution in [3.63, 3.8) is 0 Å². The van der Waals surface area contributed by atoms with Crippen LogP contribution >= 0.6 is 11.6 Å². The maximum Gasteiger partial charge on any atom is 0.147 e. The fraction of sp³-hybridized carbons (Fsp3) is 0.500. The van der Waals surface area contributed by atoms with Crippen LogP contribution in [-0.2, 0) is 11.3 Å². The van der Waals surface area contributed by atoms with Crippen LogP contribution in [0.15, 0.2) is 18.2 Å². The lowest BCUT2D eigenvalue weighted by Crippen LogP contribution is -2.17. The summed E-state index contributed by atoms with van der Waals surface area (Å²) in [5.74, 6) is -0.383. The van der Waals surface area contributed by atoms with Crippen LogP contribution in [0.1, 0.15) is 24.8 Å². The number of benzene rings is 1. The molecule has 2 nitrogen and oxygen atoms in total. The second kappa shape index (κ2) is 5.13. The van der Waals surface area contributed by atoms with Crippen molar-refractivity contribution in [2.24, 2.45) is 5.73 Å². The Balaban J connectivity index is 1.92. The van der Waals surface area contributed by atoms with Gasteiger partial charge in [0.25, 0.3) is 0 Å².